The van der Waals surface area contributed by atoms with Crippen molar-refractivity contribution in [2.45, 2.75) is 19.3 Å². The van der Waals surface area contributed by atoms with Gasteiger partial charge in [-0.3, -0.25) is 4.79 Å². The molecule has 6 nitrogen and oxygen atoms in total. The van der Waals surface area contributed by atoms with Crippen LogP contribution in [0.15, 0.2) is 18.2 Å². The minimum Gasteiger partial charge on any atom is -0.493 e. The lowest BCUT2D eigenvalue weighted by molar-refractivity contribution is -0.136. The molecule has 7 heteroatoms. The predicted molar refractivity (Wildman–Crippen MR) is 73.4 cm³/mol. The van der Waals surface area contributed by atoms with Crippen molar-refractivity contribution >= 4 is 16.0 Å². The van der Waals surface area contributed by atoms with Gasteiger partial charge in [-0.2, -0.15) is 0 Å². The fraction of sp³-hybridized carbons (Fsp3) is 0.462. The Kier molecular flexibility index (Phi) is 4.61. The SMILES string of the molecule is O=C(O)CCNS(=O)(=O)CCc1ccc2c(c1)CCO2. The van der Waals surface area contributed by atoms with Crippen molar-refractivity contribution in [2.24, 2.45) is 0 Å². The second-order valence-electron chi connectivity index (χ2n) is 4.65. The smallest absolute Gasteiger partial charge is 0.304 e. The van der Waals surface area contributed by atoms with Crippen LogP contribution >= 0.6 is 0 Å². The Hall–Kier alpha value is -1.60. The van der Waals surface area contributed by atoms with Gasteiger partial charge in [-0.1, -0.05) is 12.1 Å². The van der Waals surface area contributed by atoms with Crippen molar-refractivity contribution in [3.05, 3.63) is 29.3 Å². The first-order chi connectivity index (χ1) is 9.46. The van der Waals surface area contributed by atoms with Crippen LogP contribution in [0, 0.1) is 0 Å². The first-order valence-electron chi connectivity index (χ1n) is 6.40. The maximum absolute atomic E-state index is 11.7. The summed E-state index contributed by atoms with van der Waals surface area (Å²) >= 11 is 0. The Balaban J connectivity index is 1.86. The number of carboxylic acid groups (broad SMARTS) is 1. The van der Waals surface area contributed by atoms with Crippen molar-refractivity contribution in [3.63, 3.8) is 0 Å². The van der Waals surface area contributed by atoms with E-state index in [1.807, 2.05) is 18.2 Å². The lowest BCUT2D eigenvalue weighted by Crippen LogP contribution is -2.29. The van der Waals surface area contributed by atoms with E-state index in [1.165, 1.54) is 0 Å². The van der Waals surface area contributed by atoms with E-state index in [0.717, 1.165) is 23.3 Å². The van der Waals surface area contributed by atoms with Gasteiger partial charge in [-0.15, -0.1) is 0 Å². The zero-order valence-corrected chi connectivity index (χ0v) is 11.8. The number of sulfonamides is 1. The Morgan fingerprint density at radius 3 is 2.95 bits per heavy atom. The van der Waals surface area contributed by atoms with Crippen LogP contribution in [-0.2, 0) is 27.7 Å². The van der Waals surface area contributed by atoms with Crippen LogP contribution < -0.4 is 9.46 Å². The largest absolute Gasteiger partial charge is 0.493 e. The summed E-state index contributed by atoms with van der Waals surface area (Å²) in [5, 5.41) is 8.46. The topological polar surface area (TPSA) is 92.7 Å². The number of fused-ring (bicyclic) bond motifs is 1. The Morgan fingerprint density at radius 1 is 1.40 bits per heavy atom. The maximum Gasteiger partial charge on any atom is 0.304 e. The monoisotopic (exact) mass is 299 g/mol. The summed E-state index contributed by atoms with van der Waals surface area (Å²) in [4.78, 5) is 10.3. The summed E-state index contributed by atoms with van der Waals surface area (Å²) in [6.07, 6.45) is 1.04. The maximum atomic E-state index is 11.7. The van der Waals surface area contributed by atoms with E-state index in [0.29, 0.717) is 13.0 Å². The molecule has 1 aromatic carbocycles. The van der Waals surface area contributed by atoms with Gasteiger partial charge in [0.15, 0.2) is 0 Å². The number of aryl methyl sites for hydroxylation is 1. The molecule has 0 aliphatic carbocycles. The first-order valence-corrected chi connectivity index (χ1v) is 8.05. The molecule has 0 bridgehead atoms. The van der Waals surface area contributed by atoms with Gasteiger partial charge in [0.1, 0.15) is 5.75 Å². The summed E-state index contributed by atoms with van der Waals surface area (Å²) < 4.78 is 31.0. The quantitative estimate of drug-likeness (QED) is 0.767. The first kappa shape index (κ1) is 14.8. The molecule has 2 rings (SSSR count). The number of benzene rings is 1. The fourth-order valence-corrected chi connectivity index (χ4v) is 3.10. The molecule has 0 unspecified atom stereocenters. The molecule has 110 valence electrons. The molecule has 0 spiro atoms. The van der Waals surface area contributed by atoms with Crippen LogP contribution in [0.3, 0.4) is 0 Å². The van der Waals surface area contributed by atoms with Crippen LogP contribution in [0.25, 0.3) is 0 Å². The van der Waals surface area contributed by atoms with E-state index in [2.05, 4.69) is 4.72 Å². The van der Waals surface area contributed by atoms with Crippen molar-refractivity contribution < 1.29 is 23.1 Å². The fourth-order valence-electron chi connectivity index (χ4n) is 2.03. The van der Waals surface area contributed by atoms with Crippen LogP contribution in [0.2, 0.25) is 0 Å². The van der Waals surface area contributed by atoms with E-state index in [1.54, 1.807) is 0 Å². The highest BCUT2D eigenvalue weighted by Crippen LogP contribution is 2.26. The van der Waals surface area contributed by atoms with Crippen molar-refractivity contribution in [3.8, 4) is 5.75 Å². The van der Waals surface area contributed by atoms with E-state index in [4.69, 9.17) is 9.84 Å². The molecular formula is C13H17NO5S. The number of hydrogen-bond donors (Lipinski definition) is 2. The minimum atomic E-state index is -3.43. The summed E-state index contributed by atoms with van der Waals surface area (Å²) in [5.41, 5.74) is 2.05. The number of aliphatic carboxylic acids is 1. The van der Waals surface area contributed by atoms with Gasteiger partial charge in [0.2, 0.25) is 10.0 Å². The third-order valence-corrected chi connectivity index (χ3v) is 4.46. The van der Waals surface area contributed by atoms with Gasteiger partial charge in [-0.05, 0) is 23.6 Å². The molecule has 1 aliphatic rings. The lowest BCUT2D eigenvalue weighted by atomic mass is 10.1. The van der Waals surface area contributed by atoms with Crippen LogP contribution in [-0.4, -0.2) is 38.4 Å². The summed E-state index contributed by atoms with van der Waals surface area (Å²) in [6, 6.07) is 5.69. The van der Waals surface area contributed by atoms with Gasteiger partial charge in [0, 0.05) is 13.0 Å². The molecule has 0 saturated heterocycles. The number of carbonyl (C=O) groups is 1. The number of ether oxygens (including phenoxy) is 1. The molecule has 0 radical (unpaired) electrons. The number of carboxylic acids is 1. The second-order valence-corrected chi connectivity index (χ2v) is 6.57. The zero-order chi connectivity index (χ0) is 14.6. The zero-order valence-electron chi connectivity index (χ0n) is 11.0. The average molecular weight is 299 g/mol. The Labute approximate surface area is 117 Å². The normalized spacial score (nSPS) is 13.8. The molecule has 0 amide bonds. The van der Waals surface area contributed by atoms with Crippen LogP contribution in [0.4, 0.5) is 0 Å². The molecular weight excluding hydrogens is 282 g/mol. The van der Waals surface area contributed by atoms with Gasteiger partial charge in [0.25, 0.3) is 0 Å². The van der Waals surface area contributed by atoms with Gasteiger partial charge < -0.3 is 9.84 Å². The number of nitrogens with one attached hydrogen (secondary N) is 1. The van der Waals surface area contributed by atoms with E-state index in [9.17, 15) is 13.2 Å². The molecule has 0 saturated carbocycles. The minimum absolute atomic E-state index is 0.0493. The highest BCUT2D eigenvalue weighted by molar-refractivity contribution is 7.89. The Bertz CT molecular complexity index is 597. The molecule has 0 fully saturated rings. The highest BCUT2D eigenvalue weighted by Gasteiger charge is 2.14. The van der Waals surface area contributed by atoms with Crippen LogP contribution in [0.5, 0.6) is 5.75 Å². The van der Waals surface area contributed by atoms with Crippen molar-refractivity contribution in [1.29, 1.82) is 0 Å². The molecule has 1 heterocycles. The summed E-state index contributed by atoms with van der Waals surface area (Å²) in [5.74, 6) is -0.200. The van der Waals surface area contributed by atoms with E-state index >= 15 is 0 Å². The second kappa shape index (κ2) is 6.23. The van der Waals surface area contributed by atoms with Gasteiger partial charge in [0.05, 0.1) is 18.8 Å². The predicted octanol–water partition coefficient (Wildman–Crippen LogP) is 0.558. The van der Waals surface area contributed by atoms with Crippen LogP contribution in [0.1, 0.15) is 17.5 Å². The average Bonchev–Trinajstić information content (AvgIpc) is 2.83. The summed E-state index contributed by atoms with van der Waals surface area (Å²) in [7, 11) is -3.43. The highest BCUT2D eigenvalue weighted by atomic mass is 32.2. The lowest BCUT2D eigenvalue weighted by Gasteiger charge is -2.07. The Morgan fingerprint density at radius 2 is 2.20 bits per heavy atom. The molecule has 20 heavy (non-hydrogen) atoms. The standard InChI is InChI=1S/C13H17NO5S/c15-13(16)3-6-14-20(17,18)8-5-10-1-2-12-11(9-10)4-7-19-12/h1-2,9,14H,3-8H2,(H,15,16). The van der Waals surface area contributed by atoms with Crippen molar-refractivity contribution in [2.75, 3.05) is 18.9 Å². The molecule has 1 aliphatic heterocycles. The van der Waals surface area contributed by atoms with E-state index in [-0.39, 0.29) is 18.7 Å². The third-order valence-electron chi connectivity index (χ3n) is 3.07. The molecule has 0 aromatic heterocycles. The molecule has 1 aromatic rings. The van der Waals surface area contributed by atoms with Crippen molar-refractivity contribution in [1.82, 2.24) is 4.72 Å². The van der Waals surface area contributed by atoms with Gasteiger partial charge in [-0.25, -0.2) is 13.1 Å². The molecule has 0 atom stereocenters. The van der Waals surface area contributed by atoms with Gasteiger partial charge >= 0.3 is 5.97 Å². The molecule has 2 N–H and O–H groups in total. The number of rotatable bonds is 7. The third kappa shape index (κ3) is 4.21. The van der Waals surface area contributed by atoms with E-state index < -0.39 is 16.0 Å². The number of hydrogen-bond acceptors (Lipinski definition) is 4. The summed E-state index contributed by atoms with van der Waals surface area (Å²) in [6.45, 7) is 0.601.